The van der Waals surface area contributed by atoms with E-state index in [1.165, 1.54) is 31.0 Å². The Morgan fingerprint density at radius 1 is 1.43 bits per heavy atom. The zero-order valence-electron chi connectivity index (χ0n) is 11.6. The number of hydrogen-bond acceptors (Lipinski definition) is 6. The molecular weight excluding hydrogens is 321 g/mol. The minimum absolute atomic E-state index is 0.0426. The molecule has 0 bridgehead atoms. The molecule has 0 saturated carbocycles. The Bertz CT molecular complexity index is 591. The summed E-state index contributed by atoms with van der Waals surface area (Å²) in [5, 5.41) is 0. The number of sulfonamides is 1. The number of hydrogen-bond donors (Lipinski definition) is 1. The zero-order chi connectivity index (χ0) is 15.9. The van der Waals surface area contributed by atoms with Gasteiger partial charge in [-0.05, 0) is 18.2 Å². The molecule has 9 heteroatoms. The van der Waals surface area contributed by atoms with E-state index in [-0.39, 0.29) is 18.9 Å². The van der Waals surface area contributed by atoms with Gasteiger partial charge in [0, 0.05) is 17.2 Å². The van der Waals surface area contributed by atoms with Crippen molar-refractivity contribution in [3.05, 3.63) is 24.0 Å². The lowest BCUT2D eigenvalue weighted by Gasteiger charge is -2.08. The van der Waals surface area contributed by atoms with Gasteiger partial charge in [-0.3, -0.25) is 0 Å². The summed E-state index contributed by atoms with van der Waals surface area (Å²) in [4.78, 5) is 11.5. The first kappa shape index (κ1) is 17.7. The average molecular weight is 337 g/mol. The number of ether oxygens (including phenoxy) is 2. The van der Waals surface area contributed by atoms with Crippen LogP contribution in [0.1, 0.15) is 0 Å². The van der Waals surface area contributed by atoms with E-state index in [1.807, 2.05) is 0 Å². The van der Waals surface area contributed by atoms with Gasteiger partial charge in [0.25, 0.3) is 0 Å². The zero-order valence-corrected chi connectivity index (χ0v) is 13.2. The molecule has 0 fully saturated rings. The summed E-state index contributed by atoms with van der Waals surface area (Å²) in [5.41, 5.74) is 0. The van der Waals surface area contributed by atoms with E-state index in [1.54, 1.807) is 6.07 Å². The molecule has 0 aliphatic rings. The van der Waals surface area contributed by atoms with Gasteiger partial charge in [-0.15, -0.1) is 11.8 Å². The molecule has 1 rings (SSSR count). The second-order valence-corrected chi connectivity index (χ2v) is 6.97. The van der Waals surface area contributed by atoms with Crippen LogP contribution in [0.4, 0.5) is 4.39 Å². The van der Waals surface area contributed by atoms with Crippen LogP contribution in [0.5, 0.6) is 5.75 Å². The van der Waals surface area contributed by atoms with Crippen molar-refractivity contribution in [2.75, 3.05) is 32.3 Å². The molecule has 0 aliphatic carbocycles. The molecule has 0 saturated heterocycles. The van der Waals surface area contributed by atoms with Crippen molar-refractivity contribution in [1.29, 1.82) is 0 Å². The highest BCUT2D eigenvalue weighted by atomic mass is 32.2. The number of esters is 1. The molecular formula is C12H16FNO5S2. The van der Waals surface area contributed by atoms with Crippen molar-refractivity contribution in [1.82, 2.24) is 4.72 Å². The quantitative estimate of drug-likeness (QED) is 0.433. The standard InChI is InChI=1S/C12H16FNO5S2/c1-18-12(15)8-19-11-4-3-9(7-10(11)13)20-6-5-14-21(2,16)17/h3-4,7,14H,5-6,8H2,1-2H3. The van der Waals surface area contributed by atoms with Crippen molar-refractivity contribution in [3.63, 3.8) is 0 Å². The van der Waals surface area contributed by atoms with Crippen molar-refractivity contribution < 1.29 is 27.1 Å². The number of carbonyl (C=O) groups is 1. The lowest BCUT2D eigenvalue weighted by Crippen LogP contribution is -2.24. The molecule has 1 aromatic rings. The lowest BCUT2D eigenvalue weighted by atomic mass is 10.3. The highest BCUT2D eigenvalue weighted by Gasteiger charge is 2.08. The van der Waals surface area contributed by atoms with Gasteiger partial charge in [0.1, 0.15) is 0 Å². The van der Waals surface area contributed by atoms with Gasteiger partial charge >= 0.3 is 5.97 Å². The number of halogens is 1. The molecule has 1 N–H and O–H groups in total. The van der Waals surface area contributed by atoms with Gasteiger partial charge in [0.05, 0.1) is 13.4 Å². The molecule has 0 aromatic heterocycles. The normalized spacial score (nSPS) is 11.2. The van der Waals surface area contributed by atoms with E-state index in [2.05, 4.69) is 9.46 Å². The Morgan fingerprint density at radius 3 is 2.71 bits per heavy atom. The number of carbonyl (C=O) groups excluding carboxylic acids is 1. The van der Waals surface area contributed by atoms with Crippen LogP contribution < -0.4 is 9.46 Å². The fraction of sp³-hybridized carbons (Fsp3) is 0.417. The Hall–Kier alpha value is -1.32. The van der Waals surface area contributed by atoms with Crippen LogP contribution in [0.3, 0.4) is 0 Å². The van der Waals surface area contributed by atoms with Crippen LogP contribution in [-0.2, 0) is 19.6 Å². The van der Waals surface area contributed by atoms with Crippen LogP contribution in [-0.4, -0.2) is 46.7 Å². The third kappa shape index (κ3) is 7.30. The van der Waals surface area contributed by atoms with Crippen molar-refractivity contribution >= 4 is 27.8 Å². The van der Waals surface area contributed by atoms with E-state index < -0.39 is 21.8 Å². The third-order valence-corrected chi connectivity index (χ3v) is 3.94. The summed E-state index contributed by atoms with van der Waals surface area (Å²) in [6.45, 7) is -0.107. The molecule has 0 heterocycles. The number of methoxy groups -OCH3 is 1. The molecule has 1 aromatic carbocycles. The van der Waals surface area contributed by atoms with Crippen LogP contribution in [0.2, 0.25) is 0 Å². The second-order valence-electron chi connectivity index (χ2n) is 3.97. The summed E-state index contributed by atoms with van der Waals surface area (Å²) in [6, 6.07) is 4.29. The SMILES string of the molecule is COC(=O)COc1ccc(SCCNS(C)(=O)=O)cc1F. The summed E-state index contributed by atoms with van der Waals surface area (Å²) >= 11 is 1.30. The van der Waals surface area contributed by atoms with Crippen LogP contribution in [0.15, 0.2) is 23.1 Å². The molecule has 0 amide bonds. The Morgan fingerprint density at radius 2 is 2.14 bits per heavy atom. The van der Waals surface area contributed by atoms with Gasteiger partial charge in [0.2, 0.25) is 10.0 Å². The molecule has 21 heavy (non-hydrogen) atoms. The first-order valence-electron chi connectivity index (χ1n) is 5.88. The van der Waals surface area contributed by atoms with Gasteiger partial charge in [-0.25, -0.2) is 22.3 Å². The van der Waals surface area contributed by atoms with Gasteiger partial charge < -0.3 is 9.47 Å². The first-order chi connectivity index (χ1) is 9.81. The molecule has 0 radical (unpaired) electrons. The maximum atomic E-state index is 13.7. The maximum Gasteiger partial charge on any atom is 0.343 e. The number of rotatable bonds is 8. The predicted octanol–water partition coefficient (Wildman–Crippen LogP) is 1.02. The topological polar surface area (TPSA) is 81.7 Å². The molecule has 0 unspecified atom stereocenters. The predicted molar refractivity (Wildman–Crippen MR) is 77.5 cm³/mol. The fourth-order valence-corrected chi connectivity index (χ4v) is 2.67. The first-order valence-corrected chi connectivity index (χ1v) is 8.76. The van der Waals surface area contributed by atoms with Gasteiger partial charge in [0.15, 0.2) is 18.2 Å². The monoisotopic (exact) mass is 337 g/mol. The average Bonchev–Trinajstić information content (AvgIpc) is 2.41. The second kappa shape index (κ2) is 8.20. The highest BCUT2D eigenvalue weighted by molar-refractivity contribution is 7.99. The van der Waals surface area contributed by atoms with Crippen molar-refractivity contribution in [2.24, 2.45) is 0 Å². The Labute approximate surface area is 127 Å². The number of benzene rings is 1. The lowest BCUT2D eigenvalue weighted by molar-refractivity contribution is -0.142. The van der Waals surface area contributed by atoms with E-state index in [0.717, 1.165) is 6.26 Å². The molecule has 118 valence electrons. The van der Waals surface area contributed by atoms with E-state index in [0.29, 0.717) is 10.6 Å². The summed E-state index contributed by atoms with van der Waals surface area (Å²) < 4.78 is 47.1. The largest absolute Gasteiger partial charge is 0.479 e. The summed E-state index contributed by atoms with van der Waals surface area (Å²) in [7, 11) is -2.00. The third-order valence-electron chi connectivity index (χ3n) is 2.21. The van der Waals surface area contributed by atoms with Crippen LogP contribution >= 0.6 is 11.8 Å². The number of thioether (sulfide) groups is 1. The molecule has 0 atom stereocenters. The van der Waals surface area contributed by atoms with E-state index >= 15 is 0 Å². The Kier molecular flexibility index (Phi) is 6.93. The van der Waals surface area contributed by atoms with E-state index in [4.69, 9.17) is 4.74 Å². The number of nitrogens with one attached hydrogen (secondary N) is 1. The highest BCUT2D eigenvalue weighted by Crippen LogP contribution is 2.24. The molecule has 0 spiro atoms. The smallest absolute Gasteiger partial charge is 0.343 e. The molecule has 6 nitrogen and oxygen atoms in total. The minimum Gasteiger partial charge on any atom is -0.479 e. The summed E-state index contributed by atoms with van der Waals surface area (Å²) in [6.07, 6.45) is 1.07. The van der Waals surface area contributed by atoms with Crippen LogP contribution in [0.25, 0.3) is 0 Å². The summed E-state index contributed by atoms with van der Waals surface area (Å²) in [5.74, 6) is -0.770. The van der Waals surface area contributed by atoms with Gasteiger partial charge in [-0.1, -0.05) is 0 Å². The fourth-order valence-electron chi connectivity index (χ4n) is 1.28. The van der Waals surface area contributed by atoms with Crippen molar-refractivity contribution in [2.45, 2.75) is 4.90 Å². The molecule has 0 aliphatic heterocycles. The van der Waals surface area contributed by atoms with Crippen molar-refractivity contribution in [3.8, 4) is 5.75 Å². The van der Waals surface area contributed by atoms with Crippen LogP contribution in [0, 0.1) is 5.82 Å². The van der Waals surface area contributed by atoms with Gasteiger partial charge in [-0.2, -0.15) is 0 Å². The van der Waals surface area contributed by atoms with E-state index in [9.17, 15) is 17.6 Å². The minimum atomic E-state index is -3.21. The Balaban J connectivity index is 2.48. The maximum absolute atomic E-state index is 13.7.